The number of ether oxygens (including phenoxy) is 1. The van der Waals surface area contributed by atoms with E-state index in [0.717, 1.165) is 25.4 Å². The van der Waals surface area contributed by atoms with Crippen LogP contribution in [0.15, 0.2) is 0 Å². The number of rotatable bonds is 9. The van der Waals surface area contributed by atoms with Crippen LogP contribution in [0.3, 0.4) is 0 Å². The van der Waals surface area contributed by atoms with Crippen molar-refractivity contribution in [1.82, 2.24) is 5.32 Å². The molecule has 0 spiro atoms. The van der Waals surface area contributed by atoms with Gasteiger partial charge in [0.1, 0.15) is 0 Å². The maximum Gasteiger partial charge on any atom is 0.305 e. The number of esters is 1. The number of nitrogens with one attached hydrogen (secondary N) is 1. The summed E-state index contributed by atoms with van der Waals surface area (Å²) < 4.78 is 4.84. The summed E-state index contributed by atoms with van der Waals surface area (Å²) in [6.45, 7) is 8.74. The predicted octanol–water partition coefficient (Wildman–Crippen LogP) is 2.36. The van der Waals surface area contributed by atoms with Gasteiger partial charge in [-0.1, -0.05) is 20.3 Å². The second-order valence-corrected chi connectivity index (χ2v) is 4.01. The summed E-state index contributed by atoms with van der Waals surface area (Å²) in [5.74, 6) is 0.651. The Kier molecular flexibility index (Phi) is 9.59. The number of hydrogen-bond acceptors (Lipinski definition) is 3. The summed E-state index contributed by atoms with van der Waals surface area (Å²) in [4.78, 5) is 11.0. The van der Waals surface area contributed by atoms with Gasteiger partial charge in [-0.3, -0.25) is 4.79 Å². The van der Waals surface area contributed by atoms with Crippen LogP contribution in [0.5, 0.6) is 0 Å². The molecule has 0 heterocycles. The average molecular weight is 215 g/mol. The first-order valence-electron chi connectivity index (χ1n) is 6.07. The molecule has 1 atom stereocenters. The van der Waals surface area contributed by atoms with E-state index < -0.39 is 0 Å². The zero-order valence-electron chi connectivity index (χ0n) is 10.3. The van der Waals surface area contributed by atoms with E-state index in [9.17, 15) is 4.79 Å². The van der Waals surface area contributed by atoms with Crippen molar-refractivity contribution in [1.29, 1.82) is 0 Å². The van der Waals surface area contributed by atoms with E-state index in [4.69, 9.17) is 4.74 Å². The summed E-state index contributed by atoms with van der Waals surface area (Å²) >= 11 is 0. The molecule has 0 bridgehead atoms. The molecular weight excluding hydrogens is 190 g/mol. The van der Waals surface area contributed by atoms with E-state index in [1.165, 1.54) is 12.8 Å². The van der Waals surface area contributed by atoms with Crippen molar-refractivity contribution in [2.24, 2.45) is 5.92 Å². The van der Waals surface area contributed by atoms with Crippen LogP contribution in [0.4, 0.5) is 0 Å². The van der Waals surface area contributed by atoms with E-state index >= 15 is 0 Å². The van der Waals surface area contributed by atoms with E-state index in [1.54, 1.807) is 0 Å². The Morgan fingerprint density at radius 2 is 2.13 bits per heavy atom. The van der Waals surface area contributed by atoms with Gasteiger partial charge in [0.05, 0.1) is 6.61 Å². The molecule has 1 N–H and O–H groups in total. The van der Waals surface area contributed by atoms with E-state index in [1.807, 2.05) is 6.92 Å². The lowest BCUT2D eigenvalue weighted by Gasteiger charge is -2.10. The van der Waals surface area contributed by atoms with Crippen LogP contribution < -0.4 is 5.32 Å². The van der Waals surface area contributed by atoms with Gasteiger partial charge in [0.2, 0.25) is 0 Å². The van der Waals surface area contributed by atoms with Crippen LogP contribution >= 0.6 is 0 Å². The van der Waals surface area contributed by atoms with Gasteiger partial charge < -0.3 is 10.1 Å². The van der Waals surface area contributed by atoms with Gasteiger partial charge in [0, 0.05) is 6.42 Å². The van der Waals surface area contributed by atoms with Crippen LogP contribution in [-0.4, -0.2) is 25.7 Å². The molecule has 0 fully saturated rings. The van der Waals surface area contributed by atoms with Gasteiger partial charge in [-0.2, -0.15) is 0 Å². The molecule has 3 heteroatoms. The van der Waals surface area contributed by atoms with E-state index in [2.05, 4.69) is 19.2 Å². The van der Waals surface area contributed by atoms with Crippen molar-refractivity contribution in [2.45, 2.75) is 46.5 Å². The fourth-order valence-corrected chi connectivity index (χ4v) is 1.53. The molecule has 0 aromatic rings. The van der Waals surface area contributed by atoms with Crippen molar-refractivity contribution in [3.63, 3.8) is 0 Å². The quantitative estimate of drug-likeness (QED) is 0.474. The van der Waals surface area contributed by atoms with Gasteiger partial charge >= 0.3 is 5.97 Å². The van der Waals surface area contributed by atoms with Crippen LogP contribution in [0.2, 0.25) is 0 Å². The minimum atomic E-state index is -0.0825. The Morgan fingerprint density at radius 3 is 2.73 bits per heavy atom. The van der Waals surface area contributed by atoms with Crippen molar-refractivity contribution in [2.75, 3.05) is 19.7 Å². The first-order chi connectivity index (χ1) is 7.20. The Hall–Kier alpha value is -0.570. The Bertz CT molecular complexity index is 160. The fourth-order valence-electron chi connectivity index (χ4n) is 1.53. The summed E-state index contributed by atoms with van der Waals surface area (Å²) in [7, 11) is 0. The van der Waals surface area contributed by atoms with E-state index in [0.29, 0.717) is 13.0 Å². The van der Waals surface area contributed by atoms with Crippen LogP contribution in [0.1, 0.15) is 46.5 Å². The third-order valence-corrected chi connectivity index (χ3v) is 2.31. The highest BCUT2D eigenvalue weighted by atomic mass is 16.5. The second-order valence-electron chi connectivity index (χ2n) is 4.01. The van der Waals surface area contributed by atoms with Crippen LogP contribution in [-0.2, 0) is 9.53 Å². The molecular formula is C12H25NO2. The second kappa shape index (κ2) is 9.97. The molecule has 0 aliphatic carbocycles. The third-order valence-electron chi connectivity index (χ3n) is 2.31. The number of hydrogen-bond donors (Lipinski definition) is 1. The largest absolute Gasteiger partial charge is 0.466 e. The van der Waals surface area contributed by atoms with Crippen molar-refractivity contribution in [3.8, 4) is 0 Å². The monoisotopic (exact) mass is 215 g/mol. The summed E-state index contributed by atoms with van der Waals surface area (Å²) in [5.41, 5.74) is 0. The average Bonchev–Trinajstić information content (AvgIpc) is 2.18. The maximum absolute atomic E-state index is 11.0. The molecule has 0 saturated heterocycles. The minimum absolute atomic E-state index is 0.0825. The highest BCUT2D eigenvalue weighted by Gasteiger charge is 2.02. The first kappa shape index (κ1) is 14.4. The lowest BCUT2D eigenvalue weighted by Crippen LogP contribution is -2.22. The van der Waals surface area contributed by atoms with Gasteiger partial charge in [0.15, 0.2) is 0 Å². The van der Waals surface area contributed by atoms with Gasteiger partial charge in [-0.05, 0) is 38.8 Å². The molecule has 0 amide bonds. The molecule has 1 unspecified atom stereocenters. The molecule has 0 aliphatic rings. The Morgan fingerprint density at radius 1 is 1.40 bits per heavy atom. The predicted molar refractivity (Wildman–Crippen MR) is 62.8 cm³/mol. The highest BCUT2D eigenvalue weighted by molar-refractivity contribution is 5.69. The van der Waals surface area contributed by atoms with Gasteiger partial charge in [0.25, 0.3) is 0 Å². The summed E-state index contributed by atoms with van der Waals surface area (Å²) in [5, 5.41) is 3.36. The molecule has 90 valence electrons. The van der Waals surface area contributed by atoms with Crippen molar-refractivity contribution in [3.05, 3.63) is 0 Å². The first-order valence-corrected chi connectivity index (χ1v) is 6.07. The molecule has 0 rings (SSSR count). The standard InChI is InChI=1S/C12H25NO2/c1-4-7-11(3)10-13-9-6-8-12(14)15-5-2/h11,13H,4-10H2,1-3H3. The van der Waals surface area contributed by atoms with Gasteiger partial charge in [-0.15, -0.1) is 0 Å². The Balaban J connectivity index is 3.20. The molecule has 0 aromatic carbocycles. The van der Waals surface area contributed by atoms with Crippen LogP contribution in [0, 0.1) is 5.92 Å². The maximum atomic E-state index is 11.0. The molecule has 0 aromatic heterocycles. The number of carbonyl (C=O) groups is 1. The molecule has 15 heavy (non-hydrogen) atoms. The SMILES string of the molecule is CCCC(C)CNCCCC(=O)OCC. The topological polar surface area (TPSA) is 38.3 Å². The molecule has 0 radical (unpaired) electrons. The Labute approximate surface area is 93.6 Å². The normalized spacial score (nSPS) is 12.5. The smallest absolute Gasteiger partial charge is 0.305 e. The third kappa shape index (κ3) is 9.73. The lowest BCUT2D eigenvalue weighted by atomic mass is 10.1. The zero-order valence-corrected chi connectivity index (χ0v) is 10.3. The summed E-state index contributed by atoms with van der Waals surface area (Å²) in [6.07, 6.45) is 3.91. The van der Waals surface area contributed by atoms with Gasteiger partial charge in [-0.25, -0.2) is 0 Å². The molecule has 3 nitrogen and oxygen atoms in total. The highest BCUT2D eigenvalue weighted by Crippen LogP contribution is 2.02. The van der Waals surface area contributed by atoms with Crippen LogP contribution in [0.25, 0.3) is 0 Å². The van der Waals surface area contributed by atoms with Crippen molar-refractivity contribution < 1.29 is 9.53 Å². The van der Waals surface area contributed by atoms with Crippen molar-refractivity contribution >= 4 is 5.97 Å². The fraction of sp³-hybridized carbons (Fsp3) is 0.917. The van der Waals surface area contributed by atoms with E-state index in [-0.39, 0.29) is 5.97 Å². The number of carbonyl (C=O) groups excluding carboxylic acids is 1. The zero-order chi connectivity index (χ0) is 11.5. The lowest BCUT2D eigenvalue weighted by molar-refractivity contribution is -0.143. The summed E-state index contributed by atoms with van der Waals surface area (Å²) in [6, 6.07) is 0. The molecule has 0 aliphatic heterocycles. The molecule has 0 saturated carbocycles. The minimum Gasteiger partial charge on any atom is -0.466 e.